The van der Waals surface area contributed by atoms with Crippen LogP contribution in [0.5, 0.6) is 0 Å². The van der Waals surface area contributed by atoms with Gasteiger partial charge >= 0.3 is 18.4 Å². The molecule has 0 radical (unpaired) electrons. The topological polar surface area (TPSA) is 46.6 Å². The molecule has 0 aliphatic carbocycles. The highest BCUT2D eigenvalue weighted by atomic mass is 35.5. The van der Waals surface area contributed by atoms with Crippen LogP contribution in [0.15, 0.2) is 42.5 Å². The van der Waals surface area contributed by atoms with Crippen LogP contribution in [0.2, 0.25) is 10.0 Å². The van der Waals surface area contributed by atoms with Gasteiger partial charge in [0.1, 0.15) is 5.60 Å². The molecule has 1 fully saturated rings. The molecule has 0 bridgehead atoms. The number of ketones is 1. The van der Waals surface area contributed by atoms with Gasteiger partial charge in [-0.15, -0.1) is 0 Å². The molecule has 0 spiro atoms. The first-order chi connectivity index (χ1) is 17.2. The molecule has 2 aromatic rings. The van der Waals surface area contributed by atoms with Gasteiger partial charge < -0.3 is 9.64 Å². The summed E-state index contributed by atoms with van der Waals surface area (Å²) in [5.41, 5.74) is -7.22. The summed E-state index contributed by atoms with van der Waals surface area (Å²) in [5, 5.41) is -1.76. The van der Waals surface area contributed by atoms with Crippen molar-refractivity contribution in [3.8, 4) is 0 Å². The Balaban J connectivity index is 1.86. The zero-order valence-electron chi connectivity index (χ0n) is 20.0. The molecule has 1 saturated heterocycles. The molecular formula is C25H20Cl2F7NO3. The van der Waals surface area contributed by atoms with Crippen molar-refractivity contribution < 1.29 is 45.1 Å². The van der Waals surface area contributed by atoms with Crippen LogP contribution < -0.4 is 0 Å². The maximum atomic E-state index is 15.2. The average molecular weight is 586 g/mol. The lowest BCUT2D eigenvalue weighted by Gasteiger charge is -2.44. The number of carbonyl (C=O) groups excluding carboxylic acids is 2. The van der Waals surface area contributed by atoms with Gasteiger partial charge in [-0.1, -0.05) is 47.5 Å². The molecule has 38 heavy (non-hydrogen) atoms. The Labute approximate surface area is 222 Å². The molecule has 0 atom stereocenters. The van der Waals surface area contributed by atoms with Crippen molar-refractivity contribution in [2.75, 3.05) is 13.1 Å². The second kappa shape index (κ2) is 10.1. The van der Waals surface area contributed by atoms with E-state index < -0.39 is 62.2 Å². The van der Waals surface area contributed by atoms with Gasteiger partial charge in [-0.05, 0) is 50.1 Å². The third-order valence-corrected chi connectivity index (χ3v) is 6.25. The van der Waals surface area contributed by atoms with E-state index in [2.05, 4.69) is 0 Å². The molecule has 0 unspecified atom stereocenters. The molecule has 2 aromatic carbocycles. The number of hydrogen-bond acceptors (Lipinski definition) is 3. The van der Waals surface area contributed by atoms with Crippen LogP contribution in [0.25, 0.3) is 5.57 Å². The summed E-state index contributed by atoms with van der Waals surface area (Å²) in [6.07, 6.45) is -10.9. The molecule has 1 heterocycles. The molecule has 206 valence electrons. The van der Waals surface area contributed by atoms with E-state index in [0.717, 1.165) is 17.0 Å². The first-order valence-electron chi connectivity index (χ1n) is 10.9. The van der Waals surface area contributed by atoms with Gasteiger partial charge in [0, 0.05) is 5.56 Å². The minimum Gasteiger partial charge on any atom is -0.444 e. The number of rotatable bonds is 4. The number of hydrogen-bond donors (Lipinski definition) is 0. The molecule has 13 heteroatoms. The standard InChI is InChI=1S/C25H20Cl2F7NO3/c1-22(2,3)38-21(37)35-11-23(28,12-35)15-6-4-13(5-7-15)19(36)10-16(24(29,30)31)14-8-17(25(32,33)34)20(27)18(26)9-14/h4-10H,11-12H2,1-3H3/b16-10+. The molecule has 0 saturated carbocycles. The normalized spacial score (nSPS) is 16.2. The maximum absolute atomic E-state index is 15.2. The molecule has 1 amide bonds. The number of nitrogens with zero attached hydrogens (tertiary/aromatic N) is 1. The van der Waals surface area contributed by atoms with Crippen molar-refractivity contribution in [1.82, 2.24) is 4.90 Å². The van der Waals surface area contributed by atoms with E-state index in [1.165, 1.54) is 12.1 Å². The van der Waals surface area contributed by atoms with Gasteiger partial charge in [0.25, 0.3) is 0 Å². The molecule has 0 N–H and O–H groups in total. The Morgan fingerprint density at radius 3 is 1.97 bits per heavy atom. The maximum Gasteiger partial charge on any atom is 0.417 e. The number of carbonyl (C=O) groups is 2. The van der Waals surface area contributed by atoms with Crippen molar-refractivity contribution >= 4 is 40.7 Å². The van der Waals surface area contributed by atoms with Gasteiger partial charge in [-0.3, -0.25) is 4.79 Å². The second-order valence-corrected chi connectivity index (χ2v) is 10.4. The largest absolute Gasteiger partial charge is 0.444 e. The van der Waals surface area contributed by atoms with E-state index in [1.807, 2.05) is 0 Å². The fourth-order valence-corrected chi connectivity index (χ4v) is 4.06. The van der Waals surface area contributed by atoms with E-state index in [4.69, 9.17) is 27.9 Å². The summed E-state index contributed by atoms with van der Waals surface area (Å²) in [6.45, 7) is 4.30. The number of alkyl halides is 7. The van der Waals surface area contributed by atoms with Crippen LogP contribution >= 0.6 is 23.2 Å². The quantitative estimate of drug-likeness (QED) is 0.206. The Bertz CT molecular complexity index is 1270. The molecule has 1 aliphatic rings. The highest BCUT2D eigenvalue weighted by Gasteiger charge is 2.48. The van der Waals surface area contributed by atoms with Gasteiger partial charge in [0.15, 0.2) is 11.5 Å². The number of amides is 1. The Kier molecular flexibility index (Phi) is 7.89. The van der Waals surface area contributed by atoms with E-state index >= 15 is 4.39 Å². The summed E-state index contributed by atoms with van der Waals surface area (Å²) in [7, 11) is 0. The van der Waals surface area contributed by atoms with Crippen LogP contribution in [0.4, 0.5) is 35.5 Å². The summed E-state index contributed by atoms with van der Waals surface area (Å²) < 4.78 is 101. The van der Waals surface area contributed by atoms with E-state index in [0.29, 0.717) is 6.07 Å². The number of benzene rings is 2. The summed E-state index contributed by atoms with van der Waals surface area (Å²) >= 11 is 11.1. The van der Waals surface area contributed by atoms with Crippen molar-refractivity contribution in [2.24, 2.45) is 0 Å². The van der Waals surface area contributed by atoms with Crippen LogP contribution in [-0.4, -0.2) is 41.6 Å². The van der Waals surface area contributed by atoms with Crippen molar-refractivity contribution in [3.63, 3.8) is 0 Å². The van der Waals surface area contributed by atoms with Gasteiger partial charge in [0.05, 0.1) is 34.3 Å². The van der Waals surface area contributed by atoms with Crippen molar-refractivity contribution in [1.29, 1.82) is 0 Å². The zero-order valence-corrected chi connectivity index (χ0v) is 21.5. The number of allylic oxidation sites excluding steroid dienone is 2. The summed E-state index contributed by atoms with van der Waals surface area (Å²) in [6, 6.07) is 5.26. The van der Waals surface area contributed by atoms with Crippen molar-refractivity contribution in [2.45, 2.75) is 44.4 Å². The smallest absolute Gasteiger partial charge is 0.417 e. The van der Waals surface area contributed by atoms with Crippen LogP contribution in [0.1, 0.15) is 47.8 Å². The van der Waals surface area contributed by atoms with Crippen LogP contribution in [0, 0.1) is 0 Å². The van der Waals surface area contributed by atoms with Gasteiger partial charge in [0.2, 0.25) is 0 Å². The molecule has 3 rings (SSSR count). The number of ether oxygens (including phenoxy) is 1. The highest BCUT2D eigenvalue weighted by Crippen LogP contribution is 2.43. The number of likely N-dealkylation sites (tertiary alicyclic amines) is 1. The lowest BCUT2D eigenvalue weighted by atomic mass is 9.87. The zero-order chi connectivity index (χ0) is 28.8. The average Bonchev–Trinajstić information content (AvgIpc) is 2.74. The lowest BCUT2D eigenvalue weighted by molar-refractivity contribution is -0.137. The third-order valence-electron chi connectivity index (χ3n) is 5.45. The lowest BCUT2D eigenvalue weighted by Crippen LogP contribution is -2.59. The fourth-order valence-electron chi connectivity index (χ4n) is 3.62. The second-order valence-electron chi connectivity index (χ2n) is 9.62. The summed E-state index contributed by atoms with van der Waals surface area (Å²) in [4.78, 5) is 25.8. The first kappa shape index (κ1) is 29.8. The molecular weight excluding hydrogens is 566 g/mol. The van der Waals surface area contributed by atoms with E-state index in [9.17, 15) is 35.9 Å². The molecule has 1 aliphatic heterocycles. The Hall–Kier alpha value is -2.79. The van der Waals surface area contributed by atoms with Gasteiger partial charge in [-0.25, -0.2) is 9.18 Å². The summed E-state index contributed by atoms with van der Waals surface area (Å²) in [5.74, 6) is -1.19. The van der Waals surface area contributed by atoms with Crippen LogP contribution in [-0.2, 0) is 16.6 Å². The first-order valence-corrected chi connectivity index (χ1v) is 11.6. The van der Waals surface area contributed by atoms with E-state index in [-0.39, 0.29) is 36.4 Å². The van der Waals surface area contributed by atoms with Gasteiger partial charge in [-0.2, -0.15) is 26.3 Å². The Morgan fingerprint density at radius 1 is 0.947 bits per heavy atom. The predicted molar refractivity (Wildman–Crippen MR) is 127 cm³/mol. The monoisotopic (exact) mass is 585 g/mol. The Morgan fingerprint density at radius 2 is 1.50 bits per heavy atom. The molecule has 4 nitrogen and oxygen atoms in total. The molecule has 0 aromatic heterocycles. The van der Waals surface area contributed by atoms with E-state index in [1.54, 1.807) is 20.8 Å². The van der Waals surface area contributed by atoms with Crippen LogP contribution in [0.3, 0.4) is 0 Å². The minimum absolute atomic E-state index is 0.0770. The predicted octanol–water partition coefficient (Wildman–Crippen LogP) is 8.26. The fraction of sp³-hybridized carbons (Fsp3) is 0.360. The SMILES string of the molecule is CC(C)(C)OC(=O)N1CC(F)(c2ccc(C(=O)/C=C(\c3cc(Cl)c(Cl)c(C(F)(F)F)c3)C(F)(F)F)cc2)C1. The minimum atomic E-state index is -5.23. The third kappa shape index (κ3) is 6.61. The number of halogens is 9. The highest BCUT2D eigenvalue weighted by molar-refractivity contribution is 6.42. The van der Waals surface area contributed by atoms with Crippen molar-refractivity contribution in [3.05, 3.63) is 74.8 Å².